The van der Waals surface area contributed by atoms with Crippen molar-refractivity contribution in [2.75, 3.05) is 5.32 Å². The molecule has 0 saturated carbocycles. The molecule has 2 aromatic carbocycles. The van der Waals surface area contributed by atoms with Crippen molar-refractivity contribution in [3.63, 3.8) is 0 Å². The first kappa shape index (κ1) is 14.0. The molecule has 0 fully saturated rings. The number of alkyl halides is 2. The molecule has 0 heterocycles. The van der Waals surface area contributed by atoms with E-state index in [2.05, 4.69) is 10.1 Å². The number of hydrogen-bond acceptors (Lipinski definition) is 2. The Kier molecular flexibility index (Phi) is 4.65. The Hall–Kier alpha value is -2.43. The fourth-order valence-electron chi connectivity index (χ4n) is 1.74. The maximum Gasteiger partial charge on any atom is 0.387 e. The molecule has 3 nitrogen and oxygen atoms in total. The van der Waals surface area contributed by atoms with E-state index in [0.717, 1.165) is 5.56 Å². The first-order valence-electron chi connectivity index (χ1n) is 6.03. The molecular formula is C15H13F2NO2. The molecule has 0 aliphatic rings. The zero-order valence-electron chi connectivity index (χ0n) is 10.6. The minimum absolute atomic E-state index is 0.0519. The van der Waals surface area contributed by atoms with Crippen molar-refractivity contribution in [2.24, 2.45) is 0 Å². The maximum atomic E-state index is 12.2. The van der Waals surface area contributed by atoms with Crippen LogP contribution in [-0.2, 0) is 11.2 Å². The quantitative estimate of drug-likeness (QED) is 0.908. The highest BCUT2D eigenvalue weighted by atomic mass is 19.3. The first-order chi connectivity index (χ1) is 9.65. The molecule has 0 saturated heterocycles. The Labute approximate surface area is 115 Å². The van der Waals surface area contributed by atoms with E-state index in [1.165, 1.54) is 12.1 Å². The number of rotatable bonds is 5. The average Bonchev–Trinajstić information content (AvgIpc) is 2.41. The van der Waals surface area contributed by atoms with Crippen molar-refractivity contribution in [3.05, 3.63) is 60.2 Å². The predicted molar refractivity (Wildman–Crippen MR) is 71.8 cm³/mol. The van der Waals surface area contributed by atoms with Crippen molar-refractivity contribution in [3.8, 4) is 5.75 Å². The van der Waals surface area contributed by atoms with Crippen LogP contribution in [0.25, 0.3) is 0 Å². The van der Waals surface area contributed by atoms with E-state index in [-0.39, 0.29) is 23.8 Å². The lowest BCUT2D eigenvalue weighted by Crippen LogP contribution is -2.15. The van der Waals surface area contributed by atoms with E-state index in [1.807, 2.05) is 30.3 Å². The molecule has 2 rings (SSSR count). The lowest BCUT2D eigenvalue weighted by Gasteiger charge is -2.11. The molecule has 0 bridgehead atoms. The van der Waals surface area contributed by atoms with Crippen LogP contribution in [0.15, 0.2) is 54.6 Å². The third-order valence-corrected chi connectivity index (χ3v) is 2.58. The minimum atomic E-state index is -2.93. The van der Waals surface area contributed by atoms with Crippen molar-refractivity contribution in [1.82, 2.24) is 0 Å². The summed E-state index contributed by atoms with van der Waals surface area (Å²) in [7, 11) is 0. The second kappa shape index (κ2) is 6.65. The van der Waals surface area contributed by atoms with E-state index in [4.69, 9.17) is 0 Å². The molecule has 104 valence electrons. The summed E-state index contributed by atoms with van der Waals surface area (Å²) in [4.78, 5) is 11.9. The molecule has 0 unspecified atom stereocenters. The lowest BCUT2D eigenvalue weighted by molar-refractivity contribution is -0.115. The molecule has 0 radical (unpaired) electrons. The van der Waals surface area contributed by atoms with Gasteiger partial charge in [0, 0.05) is 0 Å². The fourth-order valence-corrected chi connectivity index (χ4v) is 1.74. The number of para-hydroxylation sites is 2. The summed E-state index contributed by atoms with van der Waals surface area (Å²) in [6.45, 7) is -2.93. The molecule has 0 aliphatic carbocycles. The molecule has 20 heavy (non-hydrogen) atoms. The van der Waals surface area contributed by atoms with Crippen LogP contribution in [0.5, 0.6) is 5.75 Å². The SMILES string of the molecule is O=C(Cc1ccccc1)Nc1ccccc1OC(F)F. The van der Waals surface area contributed by atoms with Gasteiger partial charge in [-0.25, -0.2) is 0 Å². The van der Waals surface area contributed by atoms with Crippen LogP contribution in [-0.4, -0.2) is 12.5 Å². The Bertz CT molecular complexity index is 573. The van der Waals surface area contributed by atoms with E-state index in [9.17, 15) is 13.6 Å². The van der Waals surface area contributed by atoms with Crippen molar-refractivity contribution < 1.29 is 18.3 Å². The summed E-state index contributed by atoms with van der Waals surface area (Å²) in [6, 6.07) is 15.2. The number of ether oxygens (including phenoxy) is 1. The lowest BCUT2D eigenvalue weighted by atomic mass is 10.1. The van der Waals surface area contributed by atoms with Gasteiger partial charge in [0.15, 0.2) is 0 Å². The summed E-state index contributed by atoms with van der Waals surface area (Å²) in [6.07, 6.45) is 0.170. The van der Waals surface area contributed by atoms with Crippen LogP contribution < -0.4 is 10.1 Å². The van der Waals surface area contributed by atoms with Gasteiger partial charge in [0.1, 0.15) is 5.75 Å². The fraction of sp³-hybridized carbons (Fsp3) is 0.133. The van der Waals surface area contributed by atoms with E-state index in [1.54, 1.807) is 12.1 Å². The van der Waals surface area contributed by atoms with Gasteiger partial charge in [-0.1, -0.05) is 42.5 Å². The molecule has 0 aliphatic heterocycles. The highest BCUT2D eigenvalue weighted by Crippen LogP contribution is 2.25. The largest absolute Gasteiger partial charge is 0.433 e. The molecule has 0 spiro atoms. The van der Waals surface area contributed by atoms with Gasteiger partial charge in [0.2, 0.25) is 5.91 Å². The van der Waals surface area contributed by atoms with Gasteiger partial charge in [0.25, 0.3) is 0 Å². The Morgan fingerprint density at radius 2 is 1.70 bits per heavy atom. The normalized spacial score (nSPS) is 10.3. The number of carbonyl (C=O) groups excluding carboxylic acids is 1. The number of amides is 1. The van der Waals surface area contributed by atoms with Crippen LogP contribution in [0.3, 0.4) is 0 Å². The van der Waals surface area contributed by atoms with Gasteiger partial charge < -0.3 is 10.1 Å². The summed E-state index contributed by atoms with van der Waals surface area (Å²) in [5.41, 5.74) is 1.07. The third-order valence-electron chi connectivity index (χ3n) is 2.58. The van der Waals surface area contributed by atoms with Crippen LogP contribution in [0.4, 0.5) is 14.5 Å². The van der Waals surface area contributed by atoms with Crippen molar-refractivity contribution in [2.45, 2.75) is 13.0 Å². The molecule has 1 N–H and O–H groups in total. The Morgan fingerprint density at radius 3 is 2.40 bits per heavy atom. The maximum absolute atomic E-state index is 12.2. The van der Waals surface area contributed by atoms with Gasteiger partial charge in [-0.15, -0.1) is 0 Å². The monoisotopic (exact) mass is 277 g/mol. The Morgan fingerprint density at radius 1 is 1.05 bits per heavy atom. The Balaban J connectivity index is 2.04. The minimum Gasteiger partial charge on any atom is -0.433 e. The summed E-state index contributed by atoms with van der Waals surface area (Å²) in [5.74, 6) is -0.342. The van der Waals surface area contributed by atoms with Gasteiger partial charge in [-0.3, -0.25) is 4.79 Å². The summed E-state index contributed by atoms with van der Waals surface area (Å²) in [5, 5.41) is 2.57. The molecule has 5 heteroatoms. The van der Waals surface area contributed by atoms with Crippen LogP contribution in [0.2, 0.25) is 0 Å². The van der Waals surface area contributed by atoms with Crippen LogP contribution in [0, 0.1) is 0 Å². The second-order valence-corrected chi connectivity index (χ2v) is 4.09. The predicted octanol–water partition coefficient (Wildman–Crippen LogP) is 3.47. The zero-order valence-corrected chi connectivity index (χ0v) is 10.6. The number of carbonyl (C=O) groups is 1. The van der Waals surface area contributed by atoms with E-state index in [0.29, 0.717) is 0 Å². The van der Waals surface area contributed by atoms with Gasteiger partial charge in [-0.05, 0) is 17.7 Å². The van der Waals surface area contributed by atoms with Gasteiger partial charge >= 0.3 is 6.61 Å². The molecule has 1 amide bonds. The number of nitrogens with one attached hydrogen (secondary N) is 1. The number of benzene rings is 2. The molecular weight excluding hydrogens is 264 g/mol. The number of anilines is 1. The first-order valence-corrected chi connectivity index (χ1v) is 6.03. The molecule has 0 aromatic heterocycles. The summed E-state index contributed by atoms with van der Waals surface area (Å²) >= 11 is 0. The summed E-state index contributed by atoms with van der Waals surface area (Å²) < 4.78 is 28.8. The smallest absolute Gasteiger partial charge is 0.387 e. The molecule has 2 aromatic rings. The number of halogens is 2. The van der Waals surface area contributed by atoms with Crippen LogP contribution in [0.1, 0.15) is 5.56 Å². The average molecular weight is 277 g/mol. The highest BCUT2D eigenvalue weighted by molar-refractivity contribution is 5.93. The molecule has 0 atom stereocenters. The highest BCUT2D eigenvalue weighted by Gasteiger charge is 2.11. The van der Waals surface area contributed by atoms with Crippen LogP contribution >= 0.6 is 0 Å². The number of hydrogen-bond donors (Lipinski definition) is 1. The van der Waals surface area contributed by atoms with Gasteiger partial charge in [0.05, 0.1) is 12.1 Å². The van der Waals surface area contributed by atoms with E-state index >= 15 is 0 Å². The van der Waals surface area contributed by atoms with Crippen molar-refractivity contribution >= 4 is 11.6 Å². The van der Waals surface area contributed by atoms with E-state index < -0.39 is 6.61 Å². The third kappa shape index (κ3) is 4.05. The zero-order chi connectivity index (χ0) is 14.4. The second-order valence-electron chi connectivity index (χ2n) is 4.09. The topological polar surface area (TPSA) is 38.3 Å². The van der Waals surface area contributed by atoms with Gasteiger partial charge in [-0.2, -0.15) is 8.78 Å². The van der Waals surface area contributed by atoms with Crippen molar-refractivity contribution in [1.29, 1.82) is 0 Å². The standard InChI is InChI=1S/C15H13F2NO2/c16-15(17)20-13-9-5-4-8-12(13)18-14(19)10-11-6-2-1-3-7-11/h1-9,15H,10H2,(H,18,19).